The highest BCUT2D eigenvalue weighted by atomic mass is 16.3. The molecule has 0 saturated carbocycles. The molecule has 50 valence electrons. The number of nitrogens with two attached hydrogens (primary N) is 2. The van der Waals surface area contributed by atoms with Gasteiger partial charge in [-0.25, -0.2) is 0 Å². The monoisotopic (exact) mass is 120 g/mol. The van der Waals surface area contributed by atoms with Crippen molar-refractivity contribution in [2.45, 2.75) is 18.8 Å². The predicted molar refractivity (Wildman–Crippen MR) is 29.9 cm³/mol. The van der Waals surface area contributed by atoms with Crippen molar-refractivity contribution in [1.82, 2.24) is 0 Å². The Morgan fingerprint density at radius 1 is 1.38 bits per heavy atom. The highest BCUT2D eigenvalue weighted by molar-refractivity contribution is 4.59. The Hall–Kier alpha value is -0.160. The lowest BCUT2D eigenvalue weighted by Crippen LogP contribution is -2.35. The second-order valence-electron chi connectivity index (χ2n) is 1.64. The van der Waals surface area contributed by atoms with E-state index in [0.717, 1.165) is 0 Å². The lowest BCUT2D eigenvalue weighted by molar-refractivity contribution is 0.0204. The van der Waals surface area contributed by atoms with E-state index in [1.54, 1.807) is 0 Å². The topological polar surface area (TPSA) is 92.5 Å². The molecule has 8 heavy (non-hydrogen) atoms. The van der Waals surface area contributed by atoms with Gasteiger partial charge >= 0.3 is 0 Å². The molecule has 0 aromatic carbocycles. The Kier molecular flexibility index (Phi) is 3.72. The van der Waals surface area contributed by atoms with Crippen LogP contribution in [0.3, 0.4) is 0 Å². The number of aliphatic hydroxyl groups is 2. The molecule has 0 saturated heterocycles. The van der Waals surface area contributed by atoms with Gasteiger partial charge in [0.05, 0.1) is 6.10 Å². The molecular formula is C4H12N2O2. The Balaban J connectivity index is 3.17. The average molecular weight is 120 g/mol. The molecule has 0 amide bonds. The van der Waals surface area contributed by atoms with Crippen LogP contribution < -0.4 is 11.5 Å². The van der Waals surface area contributed by atoms with Crippen LogP contribution in [0.1, 0.15) is 6.42 Å². The Bertz CT molecular complexity index is 58.0. The molecule has 0 spiro atoms. The zero-order valence-corrected chi connectivity index (χ0v) is 4.62. The fourth-order valence-corrected chi connectivity index (χ4v) is 0.342. The van der Waals surface area contributed by atoms with Crippen LogP contribution in [0.2, 0.25) is 0 Å². The molecule has 6 N–H and O–H groups in total. The fraction of sp³-hybridized carbons (Fsp3) is 1.00. The minimum absolute atomic E-state index is 0.343. The van der Waals surface area contributed by atoms with Gasteiger partial charge in [0.25, 0.3) is 0 Å². The summed E-state index contributed by atoms with van der Waals surface area (Å²) < 4.78 is 0. The maximum Gasteiger partial charge on any atom is 0.128 e. The van der Waals surface area contributed by atoms with Gasteiger partial charge in [0.1, 0.15) is 6.23 Å². The third-order valence-corrected chi connectivity index (χ3v) is 0.857. The highest BCUT2D eigenvalue weighted by Crippen LogP contribution is 1.89. The first kappa shape index (κ1) is 7.84. The SMILES string of the molecule is NCCC(O)C(N)O. The van der Waals surface area contributed by atoms with Crippen LogP contribution in [0.5, 0.6) is 0 Å². The van der Waals surface area contributed by atoms with Gasteiger partial charge in [-0.05, 0) is 13.0 Å². The van der Waals surface area contributed by atoms with E-state index in [-0.39, 0.29) is 0 Å². The molecule has 4 nitrogen and oxygen atoms in total. The zero-order valence-electron chi connectivity index (χ0n) is 4.62. The van der Waals surface area contributed by atoms with Crippen molar-refractivity contribution in [2.75, 3.05) is 6.54 Å². The second kappa shape index (κ2) is 3.80. The first-order valence-electron chi connectivity index (χ1n) is 2.50. The summed E-state index contributed by atoms with van der Waals surface area (Å²) in [6, 6.07) is 0. The lowest BCUT2D eigenvalue weighted by atomic mass is 10.2. The fourth-order valence-electron chi connectivity index (χ4n) is 0.342. The molecule has 2 atom stereocenters. The molecule has 0 bridgehead atoms. The molecule has 0 heterocycles. The van der Waals surface area contributed by atoms with E-state index in [2.05, 4.69) is 0 Å². The summed E-state index contributed by atoms with van der Waals surface area (Å²) in [7, 11) is 0. The van der Waals surface area contributed by atoms with Crippen LogP contribution in [0, 0.1) is 0 Å². The molecule has 4 heteroatoms. The van der Waals surface area contributed by atoms with Gasteiger partial charge in [0.15, 0.2) is 0 Å². The zero-order chi connectivity index (χ0) is 6.57. The van der Waals surface area contributed by atoms with Crippen molar-refractivity contribution < 1.29 is 10.2 Å². The van der Waals surface area contributed by atoms with E-state index < -0.39 is 12.3 Å². The van der Waals surface area contributed by atoms with Crippen LogP contribution in [0.15, 0.2) is 0 Å². The normalized spacial score (nSPS) is 18.0. The molecule has 0 aromatic heterocycles. The summed E-state index contributed by atoms with van der Waals surface area (Å²) in [5.41, 5.74) is 9.91. The van der Waals surface area contributed by atoms with Crippen molar-refractivity contribution in [1.29, 1.82) is 0 Å². The molecule has 0 aromatic rings. The molecule has 0 aliphatic carbocycles. The van der Waals surface area contributed by atoms with Gasteiger partial charge in [-0.2, -0.15) is 0 Å². The maximum atomic E-state index is 8.67. The van der Waals surface area contributed by atoms with Crippen LogP contribution in [-0.4, -0.2) is 29.1 Å². The van der Waals surface area contributed by atoms with Crippen LogP contribution >= 0.6 is 0 Å². The minimum atomic E-state index is -1.15. The first-order chi connectivity index (χ1) is 3.68. The summed E-state index contributed by atoms with van der Waals surface area (Å²) in [5.74, 6) is 0. The van der Waals surface area contributed by atoms with Gasteiger partial charge in [-0.15, -0.1) is 0 Å². The summed E-state index contributed by atoms with van der Waals surface area (Å²) in [6.45, 7) is 0.343. The number of hydrogen-bond acceptors (Lipinski definition) is 4. The van der Waals surface area contributed by atoms with E-state index in [4.69, 9.17) is 21.7 Å². The van der Waals surface area contributed by atoms with Crippen LogP contribution in [0.25, 0.3) is 0 Å². The molecule has 2 unspecified atom stereocenters. The first-order valence-corrected chi connectivity index (χ1v) is 2.50. The van der Waals surface area contributed by atoms with Crippen LogP contribution in [0.4, 0.5) is 0 Å². The summed E-state index contributed by atoms with van der Waals surface area (Å²) in [5, 5.41) is 17.1. The maximum absolute atomic E-state index is 8.67. The van der Waals surface area contributed by atoms with Gasteiger partial charge in [-0.1, -0.05) is 0 Å². The van der Waals surface area contributed by atoms with Gasteiger partial charge in [0, 0.05) is 0 Å². The summed E-state index contributed by atoms with van der Waals surface area (Å²) in [4.78, 5) is 0. The minimum Gasteiger partial charge on any atom is -0.389 e. The molecule has 0 radical (unpaired) electrons. The van der Waals surface area contributed by atoms with Crippen LogP contribution in [-0.2, 0) is 0 Å². The van der Waals surface area contributed by atoms with E-state index in [1.165, 1.54) is 0 Å². The largest absolute Gasteiger partial charge is 0.389 e. The van der Waals surface area contributed by atoms with Crippen molar-refractivity contribution in [3.8, 4) is 0 Å². The van der Waals surface area contributed by atoms with E-state index >= 15 is 0 Å². The Morgan fingerprint density at radius 2 is 1.88 bits per heavy atom. The average Bonchev–Trinajstić information content (AvgIpc) is 1.67. The Labute approximate surface area is 48.1 Å². The third kappa shape index (κ3) is 2.92. The van der Waals surface area contributed by atoms with Crippen molar-refractivity contribution in [2.24, 2.45) is 11.5 Å². The van der Waals surface area contributed by atoms with E-state index in [1.807, 2.05) is 0 Å². The number of rotatable bonds is 3. The number of aliphatic hydroxyl groups excluding tert-OH is 2. The molecule has 0 fully saturated rings. The van der Waals surface area contributed by atoms with Crippen molar-refractivity contribution in [3.63, 3.8) is 0 Å². The summed E-state index contributed by atoms with van der Waals surface area (Å²) in [6.07, 6.45) is -1.68. The smallest absolute Gasteiger partial charge is 0.128 e. The van der Waals surface area contributed by atoms with Gasteiger partial charge in [-0.3, -0.25) is 0 Å². The quantitative estimate of drug-likeness (QED) is 0.323. The summed E-state index contributed by atoms with van der Waals surface area (Å²) >= 11 is 0. The Morgan fingerprint density at radius 3 is 2.00 bits per heavy atom. The van der Waals surface area contributed by atoms with Crippen molar-refractivity contribution >= 4 is 0 Å². The van der Waals surface area contributed by atoms with Gasteiger partial charge < -0.3 is 21.7 Å². The van der Waals surface area contributed by atoms with E-state index in [9.17, 15) is 0 Å². The second-order valence-corrected chi connectivity index (χ2v) is 1.64. The predicted octanol–water partition coefficient (Wildman–Crippen LogP) is -2.03. The highest BCUT2D eigenvalue weighted by Gasteiger charge is 2.08. The molecule has 0 rings (SSSR count). The molecular weight excluding hydrogens is 108 g/mol. The molecule has 0 aliphatic heterocycles. The van der Waals surface area contributed by atoms with Crippen molar-refractivity contribution in [3.05, 3.63) is 0 Å². The molecule has 0 aliphatic rings. The van der Waals surface area contributed by atoms with Gasteiger partial charge in [0.2, 0.25) is 0 Å². The van der Waals surface area contributed by atoms with E-state index in [0.29, 0.717) is 13.0 Å². The number of hydrogen-bond donors (Lipinski definition) is 4. The standard InChI is InChI=1S/C4H12N2O2/c5-2-1-3(7)4(6)8/h3-4,7-8H,1-2,5-6H2. The lowest BCUT2D eigenvalue weighted by Gasteiger charge is -2.10. The third-order valence-electron chi connectivity index (χ3n) is 0.857.